The molecule has 1 amide bonds. The van der Waals surface area contributed by atoms with Gasteiger partial charge in [-0.15, -0.1) is 0 Å². The van der Waals surface area contributed by atoms with Gasteiger partial charge in [-0.1, -0.05) is 18.2 Å². The molecule has 1 N–H and O–H groups in total. The van der Waals surface area contributed by atoms with E-state index in [4.69, 9.17) is 4.74 Å². The molecule has 5 heteroatoms. The summed E-state index contributed by atoms with van der Waals surface area (Å²) in [6, 6.07) is 12.4. The van der Waals surface area contributed by atoms with Gasteiger partial charge in [0.2, 0.25) is 5.91 Å². The van der Waals surface area contributed by atoms with Crippen molar-refractivity contribution in [2.45, 2.75) is 19.3 Å². The number of methoxy groups -OCH3 is 1. The topological polar surface area (TPSA) is 41.6 Å². The molecule has 1 aliphatic heterocycles. The van der Waals surface area contributed by atoms with E-state index in [0.717, 1.165) is 24.5 Å². The van der Waals surface area contributed by atoms with Gasteiger partial charge in [0.1, 0.15) is 0 Å². The summed E-state index contributed by atoms with van der Waals surface area (Å²) in [4.78, 5) is 14.6. The van der Waals surface area contributed by atoms with Gasteiger partial charge in [-0.05, 0) is 42.7 Å². The maximum Gasteiger partial charge on any atom is 0.228 e. The molecule has 0 spiro atoms. The number of anilines is 2. The molecule has 1 fully saturated rings. The zero-order valence-corrected chi connectivity index (χ0v) is 13.7. The smallest absolute Gasteiger partial charge is 0.228 e. The highest BCUT2D eigenvalue weighted by atomic mass is 19.1. The number of halogens is 1. The van der Waals surface area contributed by atoms with Crippen LogP contribution in [0.3, 0.4) is 0 Å². The van der Waals surface area contributed by atoms with Crippen LogP contribution in [0.25, 0.3) is 0 Å². The number of nitrogens with zero attached hydrogens (tertiary/aromatic N) is 1. The van der Waals surface area contributed by atoms with Crippen molar-refractivity contribution in [2.75, 3.05) is 30.4 Å². The summed E-state index contributed by atoms with van der Waals surface area (Å²) in [5.74, 6) is -0.440. The number of amides is 1. The number of hydrogen-bond acceptors (Lipinski definition) is 3. The molecule has 1 aliphatic rings. The third-order valence-electron chi connectivity index (χ3n) is 4.21. The fourth-order valence-electron chi connectivity index (χ4n) is 3.01. The number of carbonyl (C=O) groups is 1. The molecule has 0 saturated carbocycles. The van der Waals surface area contributed by atoms with Crippen molar-refractivity contribution in [2.24, 2.45) is 0 Å². The van der Waals surface area contributed by atoms with Gasteiger partial charge >= 0.3 is 0 Å². The fourth-order valence-corrected chi connectivity index (χ4v) is 3.01. The van der Waals surface area contributed by atoms with Crippen LogP contribution < -0.4 is 15.0 Å². The zero-order chi connectivity index (χ0) is 16.9. The van der Waals surface area contributed by atoms with Crippen LogP contribution in [-0.4, -0.2) is 26.1 Å². The van der Waals surface area contributed by atoms with Crippen LogP contribution in [0.4, 0.5) is 15.8 Å². The maximum absolute atomic E-state index is 13.7. The minimum absolute atomic E-state index is 0.120. The molecule has 0 radical (unpaired) electrons. The first kappa shape index (κ1) is 16.3. The van der Waals surface area contributed by atoms with Crippen molar-refractivity contribution in [3.05, 3.63) is 53.8 Å². The lowest BCUT2D eigenvalue weighted by Crippen LogP contribution is -2.21. The highest BCUT2D eigenvalue weighted by Gasteiger charge is 2.16. The lowest BCUT2D eigenvalue weighted by Gasteiger charge is -2.21. The van der Waals surface area contributed by atoms with Crippen molar-refractivity contribution in [1.29, 1.82) is 0 Å². The summed E-state index contributed by atoms with van der Waals surface area (Å²) in [6.45, 7) is 2.02. The highest BCUT2D eigenvalue weighted by molar-refractivity contribution is 5.95. The van der Waals surface area contributed by atoms with Gasteiger partial charge in [-0.25, -0.2) is 4.39 Å². The summed E-state index contributed by atoms with van der Waals surface area (Å²) >= 11 is 0. The molecule has 1 saturated heterocycles. The van der Waals surface area contributed by atoms with Gasteiger partial charge in [0.15, 0.2) is 11.6 Å². The van der Waals surface area contributed by atoms with E-state index in [1.54, 1.807) is 6.07 Å². The first-order chi connectivity index (χ1) is 11.7. The van der Waals surface area contributed by atoms with E-state index in [0.29, 0.717) is 5.56 Å². The van der Waals surface area contributed by atoms with Crippen molar-refractivity contribution >= 4 is 17.3 Å². The maximum atomic E-state index is 13.7. The van der Waals surface area contributed by atoms with E-state index in [1.807, 2.05) is 24.3 Å². The van der Waals surface area contributed by atoms with Crippen molar-refractivity contribution in [1.82, 2.24) is 0 Å². The van der Waals surface area contributed by atoms with Crippen LogP contribution in [0.2, 0.25) is 0 Å². The Morgan fingerprint density at radius 3 is 2.67 bits per heavy atom. The predicted octanol–water partition coefficient (Wildman–Crippen LogP) is 3.62. The Bertz CT molecular complexity index is 727. The third kappa shape index (κ3) is 3.67. The van der Waals surface area contributed by atoms with Crippen molar-refractivity contribution in [3.8, 4) is 5.75 Å². The molecule has 0 aromatic heterocycles. The van der Waals surface area contributed by atoms with E-state index in [2.05, 4.69) is 10.2 Å². The Morgan fingerprint density at radius 2 is 1.96 bits per heavy atom. The van der Waals surface area contributed by atoms with Crippen LogP contribution in [0, 0.1) is 5.82 Å². The number of benzene rings is 2. The van der Waals surface area contributed by atoms with Crippen LogP contribution in [0.15, 0.2) is 42.5 Å². The van der Waals surface area contributed by atoms with Crippen LogP contribution in [0.5, 0.6) is 5.75 Å². The molecular formula is C19H21FN2O2. The number of para-hydroxylation sites is 2. The molecule has 0 aliphatic carbocycles. The second kappa shape index (κ2) is 7.34. The van der Waals surface area contributed by atoms with Gasteiger partial charge in [0.25, 0.3) is 0 Å². The molecule has 1 heterocycles. The molecule has 0 unspecified atom stereocenters. The Hall–Kier alpha value is -2.56. The first-order valence-electron chi connectivity index (χ1n) is 8.13. The summed E-state index contributed by atoms with van der Waals surface area (Å²) in [7, 11) is 1.42. The number of ether oxygens (including phenoxy) is 1. The first-order valence-corrected chi connectivity index (χ1v) is 8.13. The van der Waals surface area contributed by atoms with E-state index in [-0.39, 0.29) is 18.1 Å². The van der Waals surface area contributed by atoms with Crippen molar-refractivity contribution < 1.29 is 13.9 Å². The molecule has 126 valence electrons. The average molecular weight is 328 g/mol. The molecular weight excluding hydrogens is 307 g/mol. The quantitative estimate of drug-likeness (QED) is 0.911. The highest BCUT2D eigenvalue weighted by Crippen LogP contribution is 2.28. The van der Waals surface area contributed by atoms with E-state index >= 15 is 0 Å². The molecule has 0 atom stereocenters. The fraction of sp³-hybridized carbons (Fsp3) is 0.316. The number of nitrogens with one attached hydrogen (secondary N) is 1. The van der Waals surface area contributed by atoms with Crippen LogP contribution in [0.1, 0.15) is 18.4 Å². The van der Waals surface area contributed by atoms with Gasteiger partial charge in [0.05, 0.1) is 24.9 Å². The van der Waals surface area contributed by atoms with Crippen LogP contribution in [-0.2, 0) is 11.2 Å². The summed E-state index contributed by atoms with van der Waals surface area (Å²) in [5, 5.41) is 2.95. The van der Waals surface area contributed by atoms with E-state index in [1.165, 1.54) is 32.1 Å². The van der Waals surface area contributed by atoms with Gasteiger partial charge in [0, 0.05) is 13.1 Å². The lowest BCUT2D eigenvalue weighted by molar-refractivity contribution is -0.115. The van der Waals surface area contributed by atoms with Crippen LogP contribution >= 0.6 is 0 Å². The summed E-state index contributed by atoms with van der Waals surface area (Å²) in [5.41, 5.74) is 2.46. The molecule has 24 heavy (non-hydrogen) atoms. The van der Waals surface area contributed by atoms with Gasteiger partial charge in [-0.3, -0.25) is 4.79 Å². The minimum atomic E-state index is -0.458. The molecule has 2 aromatic carbocycles. The molecule has 2 aromatic rings. The molecule has 3 rings (SSSR count). The Labute approximate surface area is 141 Å². The Kier molecular flexibility index (Phi) is 4.99. The second-order valence-electron chi connectivity index (χ2n) is 5.91. The Balaban J connectivity index is 1.70. The molecule has 0 bridgehead atoms. The van der Waals surface area contributed by atoms with Gasteiger partial charge < -0.3 is 15.0 Å². The zero-order valence-electron chi connectivity index (χ0n) is 13.7. The largest absolute Gasteiger partial charge is 0.494 e. The second-order valence-corrected chi connectivity index (χ2v) is 5.91. The molecule has 4 nitrogen and oxygen atoms in total. The normalized spacial score (nSPS) is 13.8. The third-order valence-corrected chi connectivity index (χ3v) is 4.21. The summed E-state index contributed by atoms with van der Waals surface area (Å²) in [6.07, 6.45) is 2.47. The van der Waals surface area contributed by atoms with Gasteiger partial charge in [-0.2, -0.15) is 0 Å². The number of rotatable bonds is 5. The van der Waals surface area contributed by atoms with E-state index < -0.39 is 5.82 Å². The summed E-state index contributed by atoms with van der Waals surface area (Å²) < 4.78 is 18.6. The number of hydrogen-bond donors (Lipinski definition) is 1. The van der Waals surface area contributed by atoms with E-state index in [9.17, 15) is 9.18 Å². The minimum Gasteiger partial charge on any atom is -0.494 e. The SMILES string of the molecule is COc1ccc(CC(=O)Nc2ccccc2N2CCCC2)cc1F. The lowest BCUT2D eigenvalue weighted by atomic mass is 10.1. The standard InChI is InChI=1S/C19H21FN2O2/c1-24-18-9-8-14(12-15(18)20)13-19(23)21-16-6-2-3-7-17(16)22-10-4-5-11-22/h2-3,6-9,12H,4-5,10-11,13H2,1H3,(H,21,23). The monoisotopic (exact) mass is 328 g/mol. The Morgan fingerprint density at radius 1 is 1.21 bits per heavy atom. The van der Waals surface area contributed by atoms with Crippen molar-refractivity contribution in [3.63, 3.8) is 0 Å². The average Bonchev–Trinajstić information content (AvgIpc) is 3.10. The predicted molar refractivity (Wildman–Crippen MR) is 93.2 cm³/mol. The number of carbonyl (C=O) groups excluding carboxylic acids is 1.